The maximum absolute atomic E-state index is 12.7. The van der Waals surface area contributed by atoms with E-state index in [1.807, 2.05) is 72.9 Å². The fourth-order valence-corrected chi connectivity index (χ4v) is 5.61. The van der Waals surface area contributed by atoms with Crippen molar-refractivity contribution in [3.63, 3.8) is 0 Å². The number of carbonyl (C=O) groups excluding carboxylic acids is 1. The molecule has 1 amide bonds. The first kappa shape index (κ1) is 24.3. The second-order valence-corrected chi connectivity index (χ2v) is 11.3. The van der Waals surface area contributed by atoms with Gasteiger partial charge in [-0.05, 0) is 57.9 Å². The Bertz CT molecular complexity index is 1460. The minimum atomic E-state index is -0.495. The molecule has 2 saturated heterocycles. The molecule has 38 heavy (non-hydrogen) atoms. The molecule has 2 aliphatic heterocycles. The maximum Gasteiger partial charge on any atom is 0.410 e. The van der Waals surface area contributed by atoms with Crippen LogP contribution in [0.15, 0.2) is 72.9 Å². The van der Waals surface area contributed by atoms with Gasteiger partial charge in [0.05, 0.1) is 23.3 Å². The fourth-order valence-electron chi connectivity index (χ4n) is 5.61. The fraction of sp³-hybridized carbons (Fsp3) is 0.367. The first-order valence-electron chi connectivity index (χ1n) is 13.3. The summed E-state index contributed by atoms with van der Waals surface area (Å²) >= 11 is 0. The van der Waals surface area contributed by atoms with E-state index in [1.165, 1.54) is 5.56 Å². The van der Waals surface area contributed by atoms with Crippen LogP contribution in [0.4, 0.5) is 16.4 Å². The summed E-state index contributed by atoms with van der Waals surface area (Å²) in [7, 11) is 0. The molecule has 6 rings (SSSR count). The number of nitrogens with zero attached hydrogens (tertiary/aromatic N) is 5. The Balaban J connectivity index is 1.27. The average molecular weight is 511 g/mol. The molecule has 2 bridgehead atoms. The highest BCUT2D eigenvalue weighted by Crippen LogP contribution is 2.38. The molecule has 0 radical (unpaired) electrons. The van der Waals surface area contributed by atoms with Crippen LogP contribution in [0.25, 0.3) is 16.6 Å². The van der Waals surface area contributed by atoms with Gasteiger partial charge in [-0.15, -0.1) is 5.10 Å². The molecule has 1 N–H and O–H groups in total. The number of carbonyl (C=O) groups is 1. The molecule has 0 aliphatic carbocycles. The van der Waals surface area contributed by atoms with Gasteiger partial charge in [0, 0.05) is 36.8 Å². The van der Waals surface area contributed by atoms with Crippen molar-refractivity contribution in [1.29, 1.82) is 0 Å². The molecule has 2 aromatic heterocycles. The number of piperazine rings is 1. The number of hydrogen-bond acceptors (Lipinski definition) is 6. The molecule has 0 spiro atoms. The van der Waals surface area contributed by atoms with Crippen molar-refractivity contribution in [3.05, 3.63) is 78.5 Å². The van der Waals surface area contributed by atoms with Crippen molar-refractivity contribution in [2.45, 2.75) is 57.8 Å². The van der Waals surface area contributed by atoms with Crippen molar-refractivity contribution < 1.29 is 9.53 Å². The molecule has 4 heterocycles. The van der Waals surface area contributed by atoms with Crippen molar-refractivity contribution in [2.24, 2.45) is 0 Å². The number of anilines is 2. The summed E-state index contributed by atoms with van der Waals surface area (Å²) < 4.78 is 7.65. The van der Waals surface area contributed by atoms with E-state index < -0.39 is 5.60 Å². The van der Waals surface area contributed by atoms with Crippen molar-refractivity contribution in [2.75, 3.05) is 23.3 Å². The number of aromatic nitrogens is 3. The number of amides is 1. The van der Waals surface area contributed by atoms with Crippen LogP contribution < -0.4 is 10.2 Å². The number of fused-ring (bicyclic) bond motifs is 3. The summed E-state index contributed by atoms with van der Waals surface area (Å²) in [5, 5.41) is 9.74. The summed E-state index contributed by atoms with van der Waals surface area (Å²) in [4.78, 5) is 21.6. The Kier molecular flexibility index (Phi) is 5.97. The van der Waals surface area contributed by atoms with E-state index in [9.17, 15) is 4.79 Å². The summed E-state index contributed by atoms with van der Waals surface area (Å²) in [5.74, 6) is 1.76. The number of hydrogen-bond donors (Lipinski definition) is 1. The molecule has 4 aromatic rings. The lowest BCUT2D eigenvalue weighted by atomic mass is 10.1. The number of para-hydroxylation sites is 1. The summed E-state index contributed by atoms with van der Waals surface area (Å²) in [6, 6.07) is 23.2. The zero-order valence-electron chi connectivity index (χ0n) is 22.3. The number of ether oxygens (including phenoxy) is 1. The van der Waals surface area contributed by atoms with Crippen LogP contribution in [0, 0.1) is 0 Å². The monoisotopic (exact) mass is 510 g/mol. The molecule has 0 saturated carbocycles. The van der Waals surface area contributed by atoms with Crippen LogP contribution in [0.1, 0.15) is 45.7 Å². The molecular weight excluding hydrogens is 476 g/mol. The number of likely N-dealkylation sites (tertiary alicyclic amines) is 1. The summed E-state index contributed by atoms with van der Waals surface area (Å²) in [6.07, 6.45) is 2.53. The van der Waals surface area contributed by atoms with Gasteiger partial charge in [0.25, 0.3) is 0 Å². The summed E-state index contributed by atoms with van der Waals surface area (Å²) in [6.45, 7) is 9.27. The minimum Gasteiger partial charge on any atom is -0.444 e. The average Bonchev–Trinajstić information content (AvgIpc) is 3.61. The van der Waals surface area contributed by atoms with E-state index >= 15 is 0 Å². The van der Waals surface area contributed by atoms with E-state index in [0.717, 1.165) is 41.2 Å². The lowest BCUT2D eigenvalue weighted by Gasteiger charge is -2.35. The first-order valence-corrected chi connectivity index (χ1v) is 13.3. The molecule has 196 valence electrons. The van der Waals surface area contributed by atoms with E-state index in [0.29, 0.717) is 6.54 Å². The number of benzene rings is 2. The van der Waals surface area contributed by atoms with Gasteiger partial charge in [0.2, 0.25) is 0 Å². The van der Waals surface area contributed by atoms with Crippen LogP contribution in [-0.4, -0.2) is 56.5 Å². The zero-order chi connectivity index (χ0) is 26.4. The number of nitrogens with one attached hydrogen (secondary N) is 1. The van der Waals surface area contributed by atoms with E-state index in [2.05, 4.69) is 52.5 Å². The molecular formula is C30H34N6O2. The van der Waals surface area contributed by atoms with Crippen molar-refractivity contribution in [1.82, 2.24) is 19.7 Å². The van der Waals surface area contributed by atoms with Gasteiger partial charge in [-0.1, -0.05) is 42.5 Å². The van der Waals surface area contributed by atoms with Crippen LogP contribution in [0.2, 0.25) is 0 Å². The quantitative estimate of drug-likeness (QED) is 0.366. The third kappa shape index (κ3) is 4.55. The van der Waals surface area contributed by atoms with Crippen LogP contribution >= 0.6 is 0 Å². The van der Waals surface area contributed by atoms with Gasteiger partial charge in [0.1, 0.15) is 11.4 Å². The van der Waals surface area contributed by atoms with Crippen molar-refractivity contribution >= 4 is 28.6 Å². The highest BCUT2D eigenvalue weighted by Gasteiger charge is 2.47. The summed E-state index contributed by atoms with van der Waals surface area (Å²) in [5.41, 5.74) is 2.70. The Morgan fingerprint density at radius 1 is 1.03 bits per heavy atom. The second kappa shape index (κ2) is 9.35. The predicted octanol–water partition coefficient (Wildman–Crippen LogP) is 5.79. The minimum absolute atomic E-state index is 0.122. The molecule has 2 fully saturated rings. The number of pyridine rings is 1. The molecule has 2 aromatic carbocycles. The lowest BCUT2D eigenvalue weighted by Crippen LogP contribution is -2.50. The Morgan fingerprint density at radius 3 is 2.53 bits per heavy atom. The molecule has 3 unspecified atom stereocenters. The van der Waals surface area contributed by atoms with Crippen LogP contribution in [0.3, 0.4) is 0 Å². The highest BCUT2D eigenvalue weighted by atomic mass is 16.6. The predicted molar refractivity (Wildman–Crippen MR) is 150 cm³/mol. The van der Waals surface area contributed by atoms with Crippen LogP contribution in [-0.2, 0) is 4.74 Å². The van der Waals surface area contributed by atoms with E-state index in [4.69, 9.17) is 9.84 Å². The normalized spacial score (nSPS) is 19.7. The third-order valence-corrected chi connectivity index (χ3v) is 7.36. The smallest absolute Gasteiger partial charge is 0.410 e. The topological polar surface area (TPSA) is 75.5 Å². The molecule has 8 nitrogen and oxygen atoms in total. The Labute approximate surface area is 223 Å². The third-order valence-electron chi connectivity index (χ3n) is 7.36. The first-order chi connectivity index (χ1) is 18.3. The zero-order valence-corrected chi connectivity index (χ0v) is 22.3. The largest absolute Gasteiger partial charge is 0.444 e. The second-order valence-electron chi connectivity index (χ2n) is 11.3. The Morgan fingerprint density at radius 2 is 1.79 bits per heavy atom. The molecule has 3 atom stereocenters. The van der Waals surface area contributed by atoms with Gasteiger partial charge >= 0.3 is 6.09 Å². The standard InChI is InChI=1S/C30H34N6O2/c1-20(21-10-6-5-7-11-21)32-27-17-22(14-15-31-27)36-26-13-9-8-12-25(26)28(33-36)34-18-24-16-23(34)19-35(24)29(37)38-30(2,3)4/h5-15,17,20,23-24H,16,18-19H2,1-4H3,(H,31,32). The van der Waals surface area contributed by atoms with Gasteiger partial charge in [-0.2, -0.15) is 0 Å². The van der Waals surface area contributed by atoms with Gasteiger partial charge in [-0.25, -0.2) is 14.5 Å². The van der Waals surface area contributed by atoms with Gasteiger partial charge in [-0.3, -0.25) is 0 Å². The number of rotatable bonds is 5. The lowest BCUT2D eigenvalue weighted by molar-refractivity contribution is 0.0214. The van der Waals surface area contributed by atoms with Crippen molar-refractivity contribution in [3.8, 4) is 5.69 Å². The van der Waals surface area contributed by atoms with E-state index in [-0.39, 0.29) is 24.2 Å². The molecule has 2 aliphatic rings. The Hall–Kier alpha value is -4.07. The SMILES string of the molecule is CC(Nc1cc(-n2nc(N3CC4CC3CN4C(=O)OC(C)(C)C)c3ccccc32)ccn1)c1ccccc1. The van der Waals surface area contributed by atoms with Gasteiger partial charge < -0.3 is 19.9 Å². The maximum atomic E-state index is 12.7. The molecule has 8 heteroatoms. The highest BCUT2D eigenvalue weighted by molar-refractivity contribution is 5.92. The van der Waals surface area contributed by atoms with E-state index in [1.54, 1.807) is 0 Å². The van der Waals surface area contributed by atoms with Crippen LogP contribution in [0.5, 0.6) is 0 Å². The van der Waals surface area contributed by atoms with Gasteiger partial charge in [0.15, 0.2) is 5.82 Å².